The summed E-state index contributed by atoms with van der Waals surface area (Å²) in [5.74, 6) is 1.79. The van der Waals surface area contributed by atoms with Crippen molar-refractivity contribution in [2.45, 2.75) is 25.7 Å². The molecule has 0 amide bonds. The van der Waals surface area contributed by atoms with Crippen LogP contribution in [0.25, 0.3) is 0 Å². The minimum atomic E-state index is -3.86. The molecule has 24 heavy (non-hydrogen) atoms. The molecule has 0 aromatic carbocycles. The zero-order valence-corrected chi connectivity index (χ0v) is 13.9. The number of anilines is 3. The first-order chi connectivity index (χ1) is 11.3. The maximum Gasteiger partial charge on any atom is 0.268 e. The second kappa shape index (κ2) is 5.92. The maximum atomic E-state index is 12.4. The van der Waals surface area contributed by atoms with Crippen molar-refractivity contribution in [3.63, 3.8) is 0 Å². The summed E-state index contributed by atoms with van der Waals surface area (Å²) in [4.78, 5) is -0.00965. The molecule has 0 saturated heterocycles. The Balaban J connectivity index is 1.76. The molecule has 0 fully saturated rings. The molecule has 0 saturated carbocycles. The van der Waals surface area contributed by atoms with Gasteiger partial charge in [-0.25, -0.2) is 8.42 Å². The number of aryl methyl sites for hydroxylation is 3. The predicted octanol–water partition coefficient (Wildman–Crippen LogP) is 1.92. The first kappa shape index (κ1) is 15.9. The monoisotopic (exact) mass is 350 g/mol. The molecule has 0 bridgehead atoms. The van der Waals surface area contributed by atoms with Gasteiger partial charge in [-0.3, -0.25) is 4.72 Å². The van der Waals surface area contributed by atoms with E-state index in [0.717, 1.165) is 0 Å². The molecule has 3 heterocycles. The molecule has 2 N–H and O–H groups in total. The summed E-state index contributed by atoms with van der Waals surface area (Å²) in [6.07, 6.45) is 0. The van der Waals surface area contributed by atoms with E-state index in [2.05, 4.69) is 30.5 Å². The molecular weight excluding hydrogens is 336 g/mol. The molecular formula is C13H14N6O4S. The van der Waals surface area contributed by atoms with Crippen LogP contribution in [0.2, 0.25) is 0 Å². The number of nitrogens with one attached hydrogen (secondary N) is 2. The Morgan fingerprint density at radius 3 is 2.21 bits per heavy atom. The lowest BCUT2D eigenvalue weighted by atomic mass is 10.4. The van der Waals surface area contributed by atoms with Gasteiger partial charge in [0.25, 0.3) is 10.0 Å². The SMILES string of the molecule is Cc1cc(Nc2ccc(NS(=O)(=O)c3c(C)noc3C)nn2)no1. The molecule has 0 radical (unpaired) electrons. The summed E-state index contributed by atoms with van der Waals surface area (Å²) >= 11 is 0. The normalized spacial score (nSPS) is 11.5. The van der Waals surface area contributed by atoms with Crippen LogP contribution in [0.4, 0.5) is 17.5 Å². The van der Waals surface area contributed by atoms with Gasteiger partial charge in [0, 0.05) is 6.07 Å². The number of hydrogen-bond acceptors (Lipinski definition) is 9. The zero-order chi connectivity index (χ0) is 17.3. The van der Waals surface area contributed by atoms with E-state index in [4.69, 9.17) is 9.05 Å². The van der Waals surface area contributed by atoms with Crippen LogP contribution in [0.15, 0.2) is 32.1 Å². The summed E-state index contributed by atoms with van der Waals surface area (Å²) in [5, 5.41) is 18.0. The molecule has 0 aliphatic heterocycles. The Bertz CT molecular complexity index is 941. The van der Waals surface area contributed by atoms with Crippen molar-refractivity contribution in [3.8, 4) is 0 Å². The van der Waals surface area contributed by atoms with Crippen molar-refractivity contribution in [2.75, 3.05) is 10.0 Å². The van der Waals surface area contributed by atoms with Crippen LogP contribution >= 0.6 is 0 Å². The number of nitrogens with zero attached hydrogens (tertiary/aromatic N) is 4. The van der Waals surface area contributed by atoms with Gasteiger partial charge in [0.1, 0.15) is 11.5 Å². The van der Waals surface area contributed by atoms with Crippen LogP contribution in [-0.2, 0) is 10.0 Å². The third kappa shape index (κ3) is 3.20. The fourth-order valence-electron chi connectivity index (χ4n) is 2.06. The van der Waals surface area contributed by atoms with Gasteiger partial charge in [-0.1, -0.05) is 10.3 Å². The van der Waals surface area contributed by atoms with Gasteiger partial charge in [0.05, 0.1) is 0 Å². The van der Waals surface area contributed by atoms with Crippen LogP contribution in [0.3, 0.4) is 0 Å². The van der Waals surface area contributed by atoms with Crippen molar-refractivity contribution >= 4 is 27.5 Å². The highest BCUT2D eigenvalue weighted by Gasteiger charge is 2.24. The fraction of sp³-hybridized carbons (Fsp3) is 0.231. The van der Waals surface area contributed by atoms with Crippen molar-refractivity contribution < 1.29 is 17.5 Å². The van der Waals surface area contributed by atoms with E-state index >= 15 is 0 Å². The van der Waals surface area contributed by atoms with E-state index in [0.29, 0.717) is 17.4 Å². The maximum absolute atomic E-state index is 12.4. The first-order valence-electron chi connectivity index (χ1n) is 6.85. The molecule has 3 aromatic rings. The largest absolute Gasteiger partial charge is 0.360 e. The molecule has 126 valence electrons. The van der Waals surface area contributed by atoms with Crippen LogP contribution in [0.1, 0.15) is 17.2 Å². The molecule has 0 spiro atoms. The van der Waals surface area contributed by atoms with Gasteiger partial charge >= 0.3 is 0 Å². The Morgan fingerprint density at radius 2 is 1.67 bits per heavy atom. The standard InChI is InChI=1S/C13H14N6O4S/c1-7-6-12(18-22-7)14-10-4-5-11(16-15-10)19-24(20,21)13-8(2)17-23-9(13)3/h4-6H,1-3H3,(H,16,19)(H,14,15,18). The Labute approximate surface area is 137 Å². The third-order valence-electron chi connectivity index (χ3n) is 3.02. The predicted molar refractivity (Wildman–Crippen MR) is 83.3 cm³/mol. The average Bonchev–Trinajstić information content (AvgIpc) is 3.07. The van der Waals surface area contributed by atoms with Crippen LogP contribution < -0.4 is 10.0 Å². The summed E-state index contributed by atoms with van der Waals surface area (Å²) < 4.78 is 36.9. The van der Waals surface area contributed by atoms with E-state index in [-0.39, 0.29) is 22.2 Å². The second-order valence-electron chi connectivity index (χ2n) is 5.01. The molecule has 3 rings (SSSR count). The van der Waals surface area contributed by atoms with Gasteiger partial charge in [-0.05, 0) is 32.9 Å². The highest BCUT2D eigenvalue weighted by atomic mass is 32.2. The van der Waals surface area contributed by atoms with E-state index in [1.54, 1.807) is 26.0 Å². The van der Waals surface area contributed by atoms with Crippen LogP contribution in [-0.4, -0.2) is 28.9 Å². The number of aromatic nitrogens is 4. The molecule has 0 aliphatic carbocycles. The second-order valence-corrected chi connectivity index (χ2v) is 6.63. The van der Waals surface area contributed by atoms with E-state index < -0.39 is 10.0 Å². The van der Waals surface area contributed by atoms with Crippen LogP contribution in [0, 0.1) is 20.8 Å². The van der Waals surface area contributed by atoms with Gasteiger partial charge < -0.3 is 14.4 Å². The zero-order valence-electron chi connectivity index (χ0n) is 13.1. The summed E-state index contributed by atoms with van der Waals surface area (Å²) in [5.41, 5.74) is 0.271. The lowest BCUT2D eigenvalue weighted by Gasteiger charge is -2.06. The molecule has 0 atom stereocenters. The Morgan fingerprint density at radius 1 is 0.958 bits per heavy atom. The Kier molecular flexibility index (Phi) is 3.93. The van der Waals surface area contributed by atoms with Gasteiger partial charge in [-0.2, -0.15) is 0 Å². The van der Waals surface area contributed by atoms with Crippen LogP contribution in [0.5, 0.6) is 0 Å². The van der Waals surface area contributed by atoms with Gasteiger partial charge in [-0.15, -0.1) is 10.2 Å². The van der Waals surface area contributed by atoms with Crippen molar-refractivity contribution in [1.29, 1.82) is 0 Å². The number of rotatable bonds is 5. The first-order valence-corrected chi connectivity index (χ1v) is 8.33. The van der Waals surface area contributed by atoms with E-state index in [1.807, 2.05) is 0 Å². The quantitative estimate of drug-likeness (QED) is 0.707. The molecule has 0 unspecified atom stereocenters. The summed E-state index contributed by atoms with van der Waals surface area (Å²) in [7, 11) is -3.86. The summed E-state index contributed by atoms with van der Waals surface area (Å²) in [6, 6.07) is 4.72. The van der Waals surface area contributed by atoms with E-state index in [1.165, 1.54) is 13.0 Å². The van der Waals surface area contributed by atoms with Gasteiger partial charge in [0.2, 0.25) is 0 Å². The Hall–Kier alpha value is -2.95. The lowest BCUT2D eigenvalue weighted by molar-refractivity contribution is 0.390. The highest BCUT2D eigenvalue weighted by molar-refractivity contribution is 7.92. The molecule has 11 heteroatoms. The minimum absolute atomic E-state index is 0.00965. The minimum Gasteiger partial charge on any atom is -0.360 e. The third-order valence-corrected chi connectivity index (χ3v) is 4.62. The fourth-order valence-corrected chi connectivity index (χ4v) is 3.39. The number of sulfonamides is 1. The van der Waals surface area contributed by atoms with Crippen molar-refractivity contribution in [3.05, 3.63) is 35.4 Å². The average molecular weight is 350 g/mol. The highest BCUT2D eigenvalue weighted by Crippen LogP contribution is 2.22. The lowest BCUT2D eigenvalue weighted by Crippen LogP contribution is -2.15. The smallest absolute Gasteiger partial charge is 0.268 e. The topological polar surface area (TPSA) is 136 Å². The van der Waals surface area contributed by atoms with E-state index in [9.17, 15) is 8.42 Å². The van der Waals surface area contributed by atoms with Crippen molar-refractivity contribution in [1.82, 2.24) is 20.5 Å². The van der Waals surface area contributed by atoms with Gasteiger partial charge in [0.15, 0.2) is 28.1 Å². The number of hydrogen-bond donors (Lipinski definition) is 2. The van der Waals surface area contributed by atoms with Crippen molar-refractivity contribution in [2.24, 2.45) is 0 Å². The molecule has 0 aliphatic rings. The molecule has 3 aromatic heterocycles. The molecule has 10 nitrogen and oxygen atoms in total. The summed E-state index contributed by atoms with van der Waals surface area (Å²) in [6.45, 7) is 4.83.